The summed E-state index contributed by atoms with van der Waals surface area (Å²) < 4.78 is 26.4. The van der Waals surface area contributed by atoms with Gasteiger partial charge in [0, 0.05) is 26.2 Å². The minimum atomic E-state index is -3.79. The highest BCUT2D eigenvalue weighted by Crippen LogP contribution is 2.24. The van der Waals surface area contributed by atoms with E-state index in [0.717, 1.165) is 0 Å². The molecule has 1 aliphatic carbocycles. The first-order valence-electron chi connectivity index (χ1n) is 5.96. The highest BCUT2D eigenvalue weighted by Gasteiger charge is 2.35. The van der Waals surface area contributed by atoms with Crippen molar-refractivity contribution in [2.45, 2.75) is 0 Å². The number of hydrogen-bond acceptors (Lipinski definition) is 6. The zero-order valence-corrected chi connectivity index (χ0v) is 12.4. The van der Waals surface area contributed by atoms with E-state index in [1.807, 2.05) is 11.9 Å². The van der Waals surface area contributed by atoms with Crippen LogP contribution in [0.1, 0.15) is 0 Å². The molecule has 2 aliphatic rings. The maximum atomic E-state index is 12.5. The summed E-state index contributed by atoms with van der Waals surface area (Å²) in [7, 11) is -1.87. The molecular formula is C11H15ClN4O3S. The molecule has 1 heterocycles. The van der Waals surface area contributed by atoms with Crippen LogP contribution in [0.15, 0.2) is 27.2 Å². The maximum absolute atomic E-state index is 12.5. The second-order valence-corrected chi connectivity index (χ2v) is 6.89. The van der Waals surface area contributed by atoms with Crippen LogP contribution in [0.25, 0.3) is 0 Å². The molecule has 0 spiro atoms. The molecule has 0 aromatic rings. The maximum Gasteiger partial charge on any atom is 0.245 e. The third-order valence-electron chi connectivity index (χ3n) is 3.27. The average molecular weight is 319 g/mol. The first-order valence-corrected chi connectivity index (χ1v) is 7.77. The SMILES string of the molecule is CN1CCN(S(=O)(=O)C2=CC=C(Cl)C(=N)/C2=N\O)CC1. The van der Waals surface area contributed by atoms with Gasteiger partial charge in [0.2, 0.25) is 10.0 Å². The van der Waals surface area contributed by atoms with E-state index in [0.29, 0.717) is 26.2 Å². The molecule has 2 N–H and O–H groups in total. The fraction of sp³-hybridized carbons (Fsp3) is 0.455. The van der Waals surface area contributed by atoms with E-state index < -0.39 is 10.0 Å². The van der Waals surface area contributed by atoms with Gasteiger partial charge in [-0.05, 0) is 19.2 Å². The lowest BCUT2D eigenvalue weighted by Crippen LogP contribution is -2.48. The predicted octanol–water partition coefficient (Wildman–Crippen LogP) is 0.434. The third-order valence-corrected chi connectivity index (χ3v) is 5.52. The van der Waals surface area contributed by atoms with Crippen molar-refractivity contribution in [1.82, 2.24) is 9.21 Å². The van der Waals surface area contributed by atoms with Gasteiger partial charge in [-0.3, -0.25) is 5.41 Å². The lowest BCUT2D eigenvalue weighted by Gasteiger charge is -2.32. The number of rotatable bonds is 2. The van der Waals surface area contributed by atoms with Gasteiger partial charge in [-0.1, -0.05) is 16.8 Å². The first kappa shape index (κ1) is 15.2. The van der Waals surface area contributed by atoms with Crippen molar-refractivity contribution in [3.8, 4) is 0 Å². The number of nitrogens with one attached hydrogen (secondary N) is 1. The summed E-state index contributed by atoms with van der Waals surface area (Å²) in [6.45, 7) is 1.98. The topological polar surface area (TPSA) is 97.1 Å². The van der Waals surface area contributed by atoms with Crippen LogP contribution in [0, 0.1) is 5.41 Å². The standard InChI is InChI=1S/C11H15ClN4O3S/c1-15-4-6-16(7-5-15)20(18,19)9-3-2-8(12)10(13)11(9)14-17/h2-3,13,17H,4-7H2,1H3/b13-10?,14-11-. The van der Waals surface area contributed by atoms with Crippen LogP contribution >= 0.6 is 11.6 Å². The number of oxime groups is 1. The largest absolute Gasteiger partial charge is 0.410 e. The minimum Gasteiger partial charge on any atom is -0.410 e. The number of allylic oxidation sites excluding steroid dienone is 4. The summed E-state index contributed by atoms with van der Waals surface area (Å²) in [6.07, 6.45) is 2.59. The number of nitrogens with zero attached hydrogens (tertiary/aromatic N) is 3. The molecule has 20 heavy (non-hydrogen) atoms. The van der Waals surface area contributed by atoms with E-state index in [4.69, 9.17) is 22.2 Å². The monoisotopic (exact) mass is 318 g/mol. The quantitative estimate of drug-likeness (QED) is 0.438. The lowest BCUT2D eigenvalue weighted by atomic mass is 10.1. The van der Waals surface area contributed by atoms with E-state index in [1.54, 1.807) is 0 Å². The number of halogens is 1. The van der Waals surface area contributed by atoms with Crippen molar-refractivity contribution in [2.75, 3.05) is 33.2 Å². The molecule has 2 rings (SSSR count). The van der Waals surface area contributed by atoms with Crippen LogP contribution in [0.2, 0.25) is 0 Å². The lowest BCUT2D eigenvalue weighted by molar-refractivity contribution is 0.223. The summed E-state index contributed by atoms with van der Waals surface area (Å²) in [5.74, 6) is 0. The van der Waals surface area contributed by atoms with Crippen molar-refractivity contribution in [1.29, 1.82) is 5.41 Å². The second kappa shape index (κ2) is 5.65. The smallest absolute Gasteiger partial charge is 0.245 e. The van der Waals surface area contributed by atoms with Gasteiger partial charge < -0.3 is 10.1 Å². The molecule has 0 atom stereocenters. The zero-order valence-electron chi connectivity index (χ0n) is 10.9. The Morgan fingerprint density at radius 1 is 1.30 bits per heavy atom. The molecule has 9 heteroatoms. The summed E-state index contributed by atoms with van der Waals surface area (Å²) >= 11 is 5.75. The number of piperazine rings is 1. The molecule has 0 aromatic heterocycles. The number of sulfonamides is 1. The van der Waals surface area contributed by atoms with Crippen LogP contribution in [0.5, 0.6) is 0 Å². The molecule has 0 bridgehead atoms. The fourth-order valence-electron chi connectivity index (χ4n) is 2.02. The minimum absolute atomic E-state index is 0.0372. The summed E-state index contributed by atoms with van der Waals surface area (Å²) in [4.78, 5) is 1.83. The van der Waals surface area contributed by atoms with E-state index >= 15 is 0 Å². The van der Waals surface area contributed by atoms with Gasteiger partial charge in [0.1, 0.15) is 16.3 Å². The van der Waals surface area contributed by atoms with Gasteiger partial charge >= 0.3 is 0 Å². The normalized spacial score (nSPS) is 24.7. The summed E-state index contributed by atoms with van der Waals surface area (Å²) in [5.41, 5.74) is -0.624. The van der Waals surface area contributed by atoms with Crippen molar-refractivity contribution in [3.05, 3.63) is 22.1 Å². The Labute approximate surface area is 122 Å². The molecule has 0 radical (unpaired) electrons. The molecule has 1 aliphatic heterocycles. The van der Waals surface area contributed by atoms with E-state index in [9.17, 15) is 8.42 Å². The van der Waals surface area contributed by atoms with E-state index in [-0.39, 0.29) is 21.4 Å². The average Bonchev–Trinajstić information content (AvgIpc) is 2.42. The van der Waals surface area contributed by atoms with Crippen LogP contribution < -0.4 is 0 Å². The molecule has 7 nitrogen and oxygen atoms in total. The van der Waals surface area contributed by atoms with Crippen LogP contribution in [0.3, 0.4) is 0 Å². The Bertz CT molecular complexity index is 616. The van der Waals surface area contributed by atoms with Gasteiger partial charge in [-0.25, -0.2) is 8.42 Å². The van der Waals surface area contributed by atoms with Gasteiger partial charge in [-0.2, -0.15) is 4.31 Å². The van der Waals surface area contributed by atoms with E-state index in [1.165, 1.54) is 16.5 Å². The number of likely N-dealkylation sites (N-methyl/N-ethyl adjacent to an activating group) is 1. The highest BCUT2D eigenvalue weighted by atomic mass is 35.5. The molecular weight excluding hydrogens is 304 g/mol. The van der Waals surface area contributed by atoms with Crippen molar-refractivity contribution in [2.24, 2.45) is 5.16 Å². The van der Waals surface area contributed by atoms with Gasteiger partial charge in [0.25, 0.3) is 0 Å². The Balaban J connectivity index is 2.36. The first-order chi connectivity index (χ1) is 9.37. The van der Waals surface area contributed by atoms with Crippen molar-refractivity contribution in [3.63, 3.8) is 0 Å². The Morgan fingerprint density at radius 3 is 2.45 bits per heavy atom. The van der Waals surface area contributed by atoms with Gasteiger partial charge in [0.15, 0.2) is 0 Å². The fourth-order valence-corrected chi connectivity index (χ4v) is 3.72. The molecule has 0 aromatic carbocycles. The summed E-state index contributed by atoms with van der Waals surface area (Å²) in [5, 5.41) is 19.6. The highest BCUT2D eigenvalue weighted by molar-refractivity contribution is 7.94. The molecule has 0 saturated carbocycles. The van der Waals surface area contributed by atoms with Gasteiger partial charge in [-0.15, -0.1) is 0 Å². The van der Waals surface area contributed by atoms with Gasteiger partial charge in [0.05, 0.1) is 5.03 Å². The van der Waals surface area contributed by atoms with Crippen LogP contribution in [-0.4, -0.2) is 67.5 Å². The van der Waals surface area contributed by atoms with Crippen LogP contribution in [0.4, 0.5) is 0 Å². The van der Waals surface area contributed by atoms with E-state index in [2.05, 4.69) is 5.16 Å². The summed E-state index contributed by atoms with van der Waals surface area (Å²) in [6, 6.07) is 0. The third kappa shape index (κ3) is 2.64. The zero-order chi connectivity index (χ0) is 14.9. The Kier molecular flexibility index (Phi) is 4.28. The van der Waals surface area contributed by atoms with Crippen molar-refractivity contribution < 1.29 is 13.6 Å². The Hall–Kier alpha value is -1.22. The number of hydrogen-bond donors (Lipinski definition) is 2. The molecule has 0 amide bonds. The Morgan fingerprint density at radius 2 is 1.90 bits per heavy atom. The van der Waals surface area contributed by atoms with Crippen molar-refractivity contribution >= 4 is 33.0 Å². The molecule has 1 fully saturated rings. The molecule has 0 unspecified atom stereocenters. The van der Waals surface area contributed by atoms with Crippen LogP contribution in [-0.2, 0) is 10.0 Å². The molecule has 110 valence electrons. The second-order valence-electron chi connectivity index (χ2n) is 4.58. The molecule has 1 saturated heterocycles. The predicted molar refractivity (Wildman–Crippen MR) is 77.0 cm³/mol.